The molecule has 7 rings (SSSR count). The highest BCUT2D eigenvalue weighted by Gasteiger charge is 2.66. The van der Waals surface area contributed by atoms with E-state index in [0.29, 0.717) is 40.3 Å². The Bertz CT molecular complexity index is 2120. The predicted molar refractivity (Wildman–Crippen MR) is 218 cm³/mol. The zero-order valence-corrected chi connectivity index (χ0v) is 35.0. The number of benzene rings is 2. The van der Waals surface area contributed by atoms with Crippen LogP contribution in [0.25, 0.3) is 22.0 Å². The van der Waals surface area contributed by atoms with Crippen molar-refractivity contribution in [1.82, 2.24) is 25.2 Å². The molecule has 2 aliphatic carbocycles. The fourth-order valence-corrected chi connectivity index (χ4v) is 7.55. The molecule has 4 amide bonds. The van der Waals surface area contributed by atoms with E-state index in [0.717, 1.165) is 24.1 Å². The number of alkyl carbamates (subject to hydrolysis) is 1. The number of hydrogen-bond acceptors (Lipinski definition) is 10. The molecule has 1 unspecified atom stereocenters. The maximum absolute atomic E-state index is 13.7. The van der Waals surface area contributed by atoms with Crippen LogP contribution in [-0.4, -0.2) is 89.5 Å². The molecule has 0 radical (unpaired) electrons. The van der Waals surface area contributed by atoms with Gasteiger partial charge >= 0.3 is 6.09 Å². The number of carbonyl (C=O) groups is 4. The van der Waals surface area contributed by atoms with Crippen LogP contribution >= 0.6 is 11.9 Å². The molecule has 2 aromatic carbocycles. The molecule has 4 N–H and O–H groups in total. The zero-order chi connectivity index (χ0) is 42.7. The molecule has 320 valence electrons. The van der Waals surface area contributed by atoms with Crippen molar-refractivity contribution in [1.29, 1.82) is 0 Å². The lowest BCUT2D eigenvalue weighted by molar-refractivity contribution is -0.139. The van der Waals surface area contributed by atoms with Crippen molar-refractivity contribution >= 4 is 46.7 Å². The van der Waals surface area contributed by atoms with E-state index in [1.807, 2.05) is 26.8 Å². The Morgan fingerprint density at radius 1 is 1.07 bits per heavy atom. The van der Waals surface area contributed by atoms with Crippen LogP contribution in [0.15, 0.2) is 47.3 Å². The molecule has 1 aromatic heterocycles. The number of amides is 4. The maximum Gasteiger partial charge on any atom is 0.407 e. The summed E-state index contributed by atoms with van der Waals surface area (Å²) in [6, 6.07) is 11.5. The summed E-state index contributed by atoms with van der Waals surface area (Å²) in [5, 5.41) is 5.75. The van der Waals surface area contributed by atoms with Gasteiger partial charge in [-0.05, 0) is 92.8 Å². The van der Waals surface area contributed by atoms with Crippen LogP contribution < -0.4 is 35.1 Å². The van der Waals surface area contributed by atoms with Crippen LogP contribution in [0.4, 0.5) is 13.6 Å². The van der Waals surface area contributed by atoms with Gasteiger partial charge in [0.15, 0.2) is 11.5 Å². The molecule has 3 fully saturated rings. The van der Waals surface area contributed by atoms with Gasteiger partial charge in [0, 0.05) is 27.7 Å². The maximum atomic E-state index is 13.7. The fraction of sp³-hybridized carbons (Fsp3) is 0.548. The summed E-state index contributed by atoms with van der Waals surface area (Å²) in [6.07, 6.45) is -1.27. The van der Waals surface area contributed by atoms with Crippen molar-refractivity contribution in [2.24, 2.45) is 17.3 Å². The molecule has 1 saturated heterocycles. The Balaban J connectivity index is 0.00000140. The minimum atomic E-state index is -2.80. The number of carbonyl (C=O) groups excluding carboxylic acids is 4. The highest BCUT2D eigenvalue weighted by molar-refractivity contribution is 7.99. The fourth-order valence-electron chi connectivity index (χ4n) is 6.72. The van der Waals surface area contributed by atoms with Gasteiger partial charge in [-0.3, -0.25) is 23.9 Å². The standard InChI is InChI=1S/C38H43F2N5O9S.C4H10/c1-36(2,18-51-23-7-4-6-21(14-23)24-15-22-9-10-27-30(54-20-53-27)29(22)42-32(24)47)19-52-35(50)41-17-28(46)45-13-5-8-26(45)33(48)43-38(16-25(38)31(39)40)34(49)44-55-37(3)11-12-37;1-4(2)3/h4,6-7,9-10,14-15,25-26,31H,5,8,11-13,16-20H2,1-3H3,(H,41,50)(H,42,47)(H,43,48)(H,44,49);4H,1-3H3/t25-,26?,38+;/m0./s1. The molecule has 59 heavy (non-hydrogen) atoms. The molecule has 0 bridgehead atoms. The molecular formula is C42H53F2N5O9S. The van der Waals surface area contributed by atoms with Gasteiger partial charge in [0.25, 0.3) is 11.5 Å². The first-order valence-corrected chi connectivity index (χ1v) is 20.7. The number of hydrogen-bond donors (Lipinski definition) is 4. The van der Waals surface area contributed by atoms with Crippen LogP contribution in [0.2, 0.25) is 0 Å². The van der Waals surface area contributed by atoms with E-state index in [9.17, 15) is 32.8 Å². The van der Waals surface area contributed by atoms with Gasteiger partial charge in [-0.1, -0.05) is 46.8 Å². The Labute approximate surface area is 345 Å². The van der Waals surface area contributed by atoms with Gasteiger partial charge < -0.3 is 39.5 Å². The van der Waals surface area contributed by atoms with Crippen molar-refractivity contribution in [3.63, 3.8) is 0 Å². The van der Waals surface area contributed by atoms with E-state index in [1.54, 1.807) is 36.4 Å². The second-order valence-corrected chi connectivity index (χ2v) is 18.6. The van der Waals surface area contributed by atoms with Crippen LogP contribution in [0, 0.1) is 17.3 Å². The van der Waals surface area contributed by atoms with Crippen molar-refractivity contribution in [3.8, 4) is 28.4 Å². The third-order valence-corrected chi connectivity index (χ3v) is 11.6. The topological polar surface area (TPSA) is 177 Å². The quantitative estimate of drug-likeness (QED) is 0.138. The minimum Gasteiger partial charge on any atom is -0.493 e. The average molecular weight is 842 g/mol. The van der Waals surface area contributed by atoms with Crippen molar-refractivity contribution in [2.75, 3.05) is 33.1 Å². The monoisotopic (exact) mass is 841 g/mol. The van der Waals surface area contributed by atoms with Gasteiger partial charge in [-0.2, -0.15) is 0 Å². The Morgan fingerprint density at radius 3 is 2.51 bits per heavy atom. The van der Waals surface area contributed by atoms with E-state index in [-0.39, 0.29) is 49.7 Å². The van der Waals surface area contributed by atoms with Gasteiger partial charge in [-0.25, -0.2) is 13.6 Å². The summed E-state index contributed by atoms with van der Waals surface area (Å²) in [4.78, 5) is 69.3. The number of aromatic amines is 1. The summed E-state index contributed by atoms with van der Waals surface area (Å²) in [5.41, 5.74) is -1.05. The van der Waals surface area contributed by atoms with Crippen LogP contribution in [0.3, 0.4) is 0 Å². The molecule has 3 aromatic rings. The van der Waals surface area contributed by atoms with E-state index < -0.39 is 59.7 Å². The lowest BCUT2D eigenvalue weighted by atomic mass is 9.96. The first-order valence-electron chi connectivity index (χ1n) is 19.9. The highest BCUT2D eigenvalue weighted by atomic mass is 32.2. The number of nitrogens with zero attached hydrogens (tertiary/aromatic N) is 1. The van der Waals surface area contributed by atoms with Crippen molar-refractivity contribution < 1.29 is 46.9 Å². The lowest BCUT2D eigenvalue weighted by Crippen LogP contribution is -2.56. The smallest absolute Gasteiger partial charge is 0.407 e. The number of aromatic nitrogens is 1. The number of H-pyrrole nitrogens is 1. The third-order valence-electron chi connectivity index (χ3n) is 10.4. The SMILES string of the molecule is CC(C)(COC(=O)NCC(=O)N1CCCC1C(=O)N[C@]1(C(=O)NSC2(C)CC2)C[C@H]1C(F)F)COc1cccc(-c2cc3ccc4c(c3[nH]c2=O)OCO4)c1.CC(C)C. The van der Waals surface area contributed by atoms with E-state index in [1.165, 1.54) is 16.8 Å². The molecule has 0 spiro atoms. The number of rotatable bonds is 14. The minimum absolute atomic E-state index is 0.0607. The molecule has 3 atom stereocenters. The van der Waals surface area contributed by atoms with Crippen molar-refractivity contribution in [3.05, 3.63) is 52.8 Å². The predicted octanol–water partition coefficient (Wildman–Crippen LogP) is 6.17. The second-order valence-electron chi connectivity index (χ2n) is 17.3. The van der Waals surface area contributed by atoms with Crippen LogP contribution in [0.5, 0.6) is 17.2 Å². The molecule has 17 heteroatoms. The Hall–Kier alpha value is -5.06. The normalized spacial score (nSPS) is 21.1. The summed E-state index contributed by atoms with van der Waals surface area (Å²) in [7, 11) is 0. The molecule has 3 heterocycles. The third kappa shape index (κ3) is 10.6. The Kier molecular flexibility index (Phi) is 13.0. The van der Waals surface area contributed by atoms with Gasteiger partial charge in [0.05, 0.1) is 18.0 Å². The zero-order valence-electron chi connectivity index (χ0n) is 34.2. The van der Waals surface area contributed by atoms with E-state index >= 15 is 0 Å². The van der Waals surface area contributed by atoms with Crippen LogP contribution in [0.1, 0.15) is 73.6 Å². The highest BCUT2D eigenvalue weighted by Crippen LogP contribution is 2.50. The van der Waals surface area contributed by atoms with Crippen LogP contribution in [-0.2, 0) is 19.1 Å². The number of nitrogens with one attached hydrogen (secondary N) is 4. The number of pyridine rings is 1. The number of alkyl halides is 2. The van der Waals surface area contributed by atoms with Crippen molar-refractivity contribution in [2.45, 2.75) is 96.4 Å². The number of halogens is 2. The number of likely N-dealkylation sites (tertiary alicyclic amines) is 1. The average Bonchev–Trinajstić information content (AvgIpc) is 3.94. The lowest BCUT2D eigenvalue weighted by Gasteiger charge is -2.27. The molecule has 2 saturated carbocycles. The molecule has 14 nitrogen and oxygen atoms in total. The second kappa shape index (κ2) is 17.7. The largest absolute Gasteiger partial charge is 0.493 e. The van der Waals surface area contributed by atoms with E-state index in [2.05, 4.69) is 41.1 Å². The van der Waals surface area contributed by atoms with Gasteiger partial charge in [-0.15, -0.1) is 0 Å². The Morgan fingerprint density at radius 2 is 1.81 bits per heavy atom. The summed E-state index contributed by atoms with van der Waals surface area (Å²) >= 11 is 1.18. The van der Waals surface area contributed by atoms with Gasteiger partial charge in [0.1, 0.15) is 30.5 Å². The molecule has 2 aliphatic heterocycles. The van der Waals surface area contributed by atoms with Gasteiger partial charge in [0.2, 0.25) is 25.0 Å². The summed E-state index contributed by atoms with van der Waals surface area (Å²) < 4.78 is 52.3. The first kappa shape index (κ1) is 43.5. The molecular weight excluding hydrogens is 789 g/mol. The summed E-state index contributed by atoms with van der Waals surface area (Å²) in [6.45, 7) is 12.1. The summed E-state index contributed by atoms with van der Waals surface area (Å²) in [5.74, 6) is -0.817. The number of fused-ring (bicyclic) bond motifs is 3. The first-order chi connectivity index (χ1) is 27.9. The van der Waals surface area contributed by atoms with E-state index in [4.69, 9.17) is 18.9 Å². The number of ether oxygens (including phenoxy) is 4. The molecule has 4 aliphatic rings.